The number of urea groups is 1. The predicted octanol–water partition coefficient (Wildman–Crippen LogP) is 3.78. The van der Waals surface area contributed by atoms with Crippen molar-refractivity contribution >= 4 is 40.3 Å². The van der Waals surface area contributed by atoms with Crippen molar-refractivity contribution in [2.75, 3.05) is 18.4 Å². The normalized spacial score (nSPS) is 13.9. The number of hydrogen-bond donors (Lipinski definition) is 5. The number of carbonyl (C=O) groups is 3. The Morgan fingerprint density at radius 2 is 1.67 bits per heavy atom. The van der Waals surface area contributed by atoms with Crippen LogP contribution in [0.15, 0.2) is 66.7 Å². The standard InChI is InChI=1S/C32H36N8O3/c1-20(41)23-4-3-5-26(18-23)36-32(43)35-25-14-16-40(17-15-25)38-31(42)24-11-12-28-27(19-24)37-29(39(28)2)13-8-21-6-9-22(10-7-21)30(33)34/h3-7,9-12,18-19,25H,8,13-17H2,1-2H3,(H3,33,34)(H,38,42)(H2,35,36,43). The number of nitrogens with two attached hydrogens (primary N) is 1. The van der Waals surface area contributed by atoms with Gasteiger partial charge in [0.15, 0.2) is 5.78 Å². The minimum absolute atomic E-state index is 0.0282. The van der Waals surface area contributed by atoms with E-state index in [1.54, 1.807) is 24.3 Å². The summed E-state index contributed by atoms with van der Waals surface area (Å²) in [5, 5.41) is 15.2. The van der Waals surface area contributed by atoms with Crippen LogP contribution in [0.5, 0.6) is 0 Å². The van der Waals surface area contributed by atoms with Crippen LogP contribution in [0.2, 0.25) is 0 Å². The average molecular weight is 581 g/mol. The molecule has 3 amide bonds. The number of benzene rings is 3. The zero-order valence-electron chi connectivity index (χ0n) is 24.3. The molecule has 43 heavy (non-hydrogen) atoms. The highest BCUT2D eigenvalue weighted by Gasteiger charge is 2.23. The van der Waals surface area contributed by atoms with Crippen LogP contribution in [0.3, 0.4) is 0 Å². The smallest absolute Gasteiger partial charge is 0.319 e. The van der Waals surface area contributed by atoms with Crippen LogP contribution in [0.4, 0.5) is 10.5 Å². The van der Waals surface area contributed by atoms with Gasteiger partial charge < -0.3 is 20.9 Å². The van der Waals surface area contributed by atoms with Gasteiger partial charge in [0.2, 0.25) is 0 Å². The Hall–Kier alpha value is -5.03. The van der Waals surface area contributed by atoms with Crippen LogP contribution in [-0.2, 0) is 19.9 Å². The molecule has 0 bridgehead atoms. The third-order valence-corrected chi connectivity index (χ3v) is 7.75. The quantitative estimate of drug-likeness (QED) is 0.115. The summed E-state index contributed by atoms with van der Waals surface area (Å²) in [4.78, 5) is 41.9. The van der Waals surface area contributed by atoms with Gasteiger partial charge in [-0.2, -0.15) is 0 Å². The molecule has 3 aromatic carbocycles. The van der Waals surface area contributed by atoms with Gasteiger partial charge in [-0.3, -0.25) is 20.4 Å². The lowest BCUT2D eigenvalue weighted by Gasteiger charge is -2.32. The van der Waals surface area contributed by atoms with Gasteiger partial charge in [0.1, 0.15) is 11.7 Å². The molecule has 5 rings (SSSR count). The minimum Gasteiger partial charge on any atom is -0.384 e. The van der Waals surface area contributed by atoms with Crippen molar-refractivity contribution in [1.82, 2.24) is 25.3 Å². The SMILES string of the molecule is CC(=O)c1cccc(NC(=O)NC2CCN(NC(=O)c3ccc4c(c3)nc(CCc3ccc(C(=N)N)cc3)n4C)CC2)c1. The Kier molecular flexibility index (Phi) is 8.82. The molecule has 1 fully saturated rings. The largest absolute Gasteiger partial charge is 0.384 e. The monoisotopic (exact) mass is 580 g/mol. The summed E-state index contributed by atoms with van der Waals surface area (Å²) in [7, 11) is 1.98. The molecule has 6 N–H and O–H groups in total. The van der Waals surface area contributed by atoms with Gasteiger partial charge in [-0.05, 0) is 62.1 Å². The van der Waals surface area contributed by atoms with Crippen molar-refractivity contribution in [3.63, 3.8) is 0 Å². The highest BCUT2D eigenvalue weighted by molar-refractivity contribution is 5.98. The summed E-state index contributed by atoms with van der Waals surface area (Å²) in [6, 6.07) is 19.7. The number of piperidine rings is 1. The molecule has 11 nitrogen and oxygen atoms in total. The fourth-order valence-corrected chi connectivity index (χ4v) is 5.23. The first kappa shape index (κ1) is 29.5. The van der Waals surface area contributed by atoms with Gasteiger partial charge in [-0.25, -0.2) is 14.8 Å². The lowest BCUT2D eigenvalue weighted by Crippen LogP contribution is -2.51. The average Bonchev–Trinajstić information content (AvgIpc) is 3.31. The Balaban J connectivity index is 1.11. The van der Waals surface area contributed by atoms with Gasteiger partial charge in [0.05, 0.1) is 11.0 Å². The highest BCUT2D eigenvalue weighted by Crippen LogP contribution is 2.19. The van der Waals surface area contributed by atoms with E-state index in [9.17, 15) is 14.4 Å². The van der Waals surface area contributed by atoms with Crippen LogP contribution in [0.25, 0.3) is 11.0 Å². The third kappa shape index (κ3) is 7.25. The number of ketones is 1. The second-order valence-corrected chi connectivity index (χ2v) is 10.8. The number of nitrogens with one attached hydrogen (secondary N) is 4. The highest BCUT2D eigenvalue weighted by atomic mass is 16.2. The van der Waals surface area contributed by atoms with Gasteiger partial charge in [-0.15, -0.1) is 0 Å². The number of nitrogens with zero attached hydrogens (tertiary/aromatic N) is 3. The molecule has 0 aliphatic carbocycles. The first-order chi connectivity index (χ1) is 20.7. The molecule has 2 heterocycles. The number of amides is 3. The number of amidine groups is 1. The molecule has 0 spiro atoms. The second-order valence-electron chi connectivity index (χ2n) is 10.8. The Labute approximate surface area is 249 Å². The molecule has 11 heteroatoms. The molecule has 1 saturated heterocycles. The van der Waals surface area contributed by atoms with E-state index in [2.05, 4.69) is 20.6 Å². The summed E-state index contributed by atoms with van der Waals surface area (Å²) in [5.74, 6) is 0.717. The molecule has 0 saturated carbocycles. The van der Waals surface area contributed by atoms with Gasteiger partial charge in [-0.1, -0.05) is 36.4 Å². The molecule has 0 radical (unpaired) electrons. The van der Waals surface area contributed by atoms with Gasteiger partial charge in [0.25, 0.3) is 5.91 Å². The summed E-state index contributed by atoms with van der Waals surface area (Å²) in [6.45, 7) is 2.68. The Morgan fingerprint density at radius 3 is 2.37 bits per heavy atom. The van der Waals surface area contributed by atoms with Crippen molar-refractivity contribution in [3.8, 4) is 0 Å². The van der Waals surface area contributed by atoms with E-state index in [4.69, 9.17) is 16.1 Å². The number of hydrogen-bond acceptors (Lipinski definition) is 6. The van der Waals surface area contributed by atoms with Crippen molar-refractivity contribution in [3.05, 3.63) is 94.8 Å². The zero-order valence-corrected chi connectivity index (χ0v) is 24.3. The van der Waals surface area contributed by atoms with E-state index in [-0.39, 0.29) is 29.6 Å². The van der Waals surface area contributed by atoms with Gasteiger partial charge >= 0.3 is 6.03 Å². The number of hydrazine groups is 1. The van der Waals surface area contributed by atoms with Crippen LogP contribution in [0.1, 0.15) is 57.4 Å². The summed E-state index contributed by atoms with van der Waals surface area (Å²) in [6.07, 6.45) is 2.89. The first-order valence-electron chi connectivity index (χ1n) is 14.3. The molecule has 0 atom stereocenters. The predicted molar refractivity (Wildman–Crippen MR) is 166 cm³/mol. The second kappa shape index (κ2) is 12.9. The summed E-state index contributed by atoms with van der Waals surface area (Å²) < 4.78 is 2.05. The molecule has 222 valence electrons. The summed E-state index contributed by atoms with van der Waals surface area (Å²) in [5.41, 5.74) is 13.7. The number of anilines is 1. The number of nitrogen functional groups attached to an aromatic ring is 1. The van der Waals surface area contributed by atoms with Crippen molar-refractivity contribution in [2.45, 2.75) is 38.6 Å². The molecule has 1 aliphatic heterocycles. The lowest BCUT2D eigenvalue weighted by atomic mass is 10.1. The van der Waals surface area contributed by atoms with Crippen molar-refractivity contribution < 1.29 is 14.4 Å². The molecule has 4 aromatic rings. The van der Waals surface area contributed by atoms with Crippen LogP contribution >= 0.6 is 0 Å². The molecule has 1 aliphatic rings. The molecule has 1 aromatic heterocycles. The number of aryl methyl sites for hydroxylation is 3. The van der Waals surface area contributed by atoms with Crippen LogP contribution in [-0.4, -0.2) is 57.2 Å². The van der Waals surface area contributed by atoms with E-state index >= 15 is 0 Å². The number of rotatable bonds is 9. The first-order valence-corrected chi connectivity index (χ1v) is 14.3. The van der Waals surface area contributed by atoms with E-state index in [0.29, 0.717) is 48.3 Å². The maximum Gasteiger partial charge on any atom is 0.319 e. The molecular formula is C32H36N8O3. The number of carbonyl (C=O) groups excluding carboxylic acids is 3. The number of aromatic nitrogens is 2. The fraction of sp³-hybridized carbons (Fsp3) is 0.281. The van der Waals surface area contributed by atoms with Crippen molar-refractivity contribution in [2.24, 2.45) is 12.8 Å². The van der Waals surface area contributed by atoms with E-state index in [1.807, 2.05) is 54.5 Å². The van der Waals surface area contributed by atoms with Crippen molar-refractivity contribution in [1.29, 1.82) is 5.41 Å². The fourth-order valence-electron chi connectivity index (χ4n) is 5.23. The topological polar surface area (TPSA) is 158 Å². The lowest BCUT2D eigenvalue weighted by molar-refractivity contribution is 0.0726. The maximum atomic E-state index is 13.1. The number of fused-ring (bicyclic) bond motifs is 1. The van der Waals surface area contributed by atoms with Crippen LogP contribution < -0.4 is 21.8 Å². The van der Waals surface area contributed by atoms with E-state index in [0.717, 1.165) is 35.3 Å². The van der Waals surface area contributed by atoms with Gasteiger partial charge in [0, 0.05) is 55.0 Å². The van der Waals surface area contributed by atoms with Crippen LogP contribution in [0, 0.1) is 5.41 Å². The number of Topliss-reactive ketones (excluding diaryl/α,β-unsaturated/α-hetero) is 1. The molecule has 0 unspecified atom stereocenters. The Bertz CT molecular complexity index is 1670. The summed E-state index contributed by atoms with van der Waals surface area (Å²) >= 11 is 0. The molecular weight excluding hydrogens is 544 g/mol. The minimum atomic E-state index is -0.322. The third-order valence-electron chi connectivity index (χ3n) is 7.75. The zero-order chi connectivity index (χ0) is 30.5. The Morgan fingerprint density at radius 1 is 0.953 bits per heavy atom. The maximum absolute atomic E-state index is 13.1. The van der Waals surface area contributed by atoms with E-state index < -0.39 is 0 Å². The number of imidazole rings is 1. The van der Waals surface area contributed by atoms with E-state index in [1.165, 1.54) is 6.92 Å².